The molecule has 3 nitrogen and oxygen atoms in total. The Hall–Kier alpha value is -1.35. The number of Topliss-reactive ketones (excluding diaryl/α,β-unsaturated/α-hetero) is 1. The summed E-state index contributed by atoms with van der Waals surface area (Å²) in [6.07, 6.45) is 2.18. The average molecular weight is 262 g/mol. The van der Waals surface area contributed by atoms with Crippen molar-refractivity contribution < 1.29 is 4.79 Å². The number of carbonyl (C=O) groups is 1. The quantitative estimate of drug-likeness (QED) is 0.673. The van der Waals surface area contributed by atoms with Gasteiger partial charge in [-0.25, -0.2) is 0 Å². The highest BCUT2D eigenvalue weighted by Crippen LogP contribution is 2.13. The number of carbonyl (C=O) groups excluding carboxylic acids is 1. The fraction of sp³-hybridized carbons (Fsp3) is 0.562. The Kier molecular flexibility index (Phi) is 6.57. The lowest BCUT2D eigenvalue weighted by molar-refractivity contribution is 0.0930. The maximum Gasteiger partial charge on any atom is 0.176 e. The molecule has 0 fully saturated rings. The number of hydrogen-bond donors (Lipinski definition) is 0. The lowest BCUT2D eigenvalue weighted by Crippen LogP contribution is -2.31. The van der Waals surface area contributed by atoms with E-state index in [1.807, 2.05) is 43.3 Å². The minimum atomic E-state index is 0.215. The summed E-state index contributed by atoms with van der Waals surface area (Å²) in [7, 11) is 4.00. The van der Waals surface area contributed by atoms with Crippen LogP contribution < -0.4 is 4.90 Å². The molecule has 0 N–H and O–H groups in total. The molecule has 1 aromatic rings. The van der Waals surface area contributed by atoms with Gasteiger partial charge in [0.1, 0.15) is 0 Å². The van der Waals surface area contributed by atoms with E-state index in [-0.39, 0.29) is 5.78 Å². The standard InChI is InChI=1S/C16H26N2O/c1-5-11-18(12-6-2)13-16(19)14-7-9-15(10-8-14)17(3)4/h7-10H,5-6,11-13H2,1-4H3. The number of anilines is 1. The van der Waals surface area contributed by atoms with E-state index in [9.17, 15) is 4.79 Å². The fourth-order valence-corrected chi connectivity index (χ4v) is 2.14. The van der Waals surface area contributed by atoms with Gasteiger partial charge in [-0.15, -0.1) is 0 Å². The van der Waals surface area contributed by atoms with Crippen molar-refractivity contribution in [2.24, 2.45) is 0 Å². The van der Waals surface area contributed by atoms with Crippen molar-refractivity contribution in [3.8, 4) is 0 Å². The summed E-state index contributed by atoms with van der Waals surface area (Å²) >= 11 is 0. The third-order valence-corrected chi connectivity index (χ3v) is 3.15. The van der Waals surface area contributed by atoms with E-state index in [4.69, 9.17) is 0 Å². The van der Waals surface area contributed by atoms with Crippen LogP contribution >= 0.6 is 0 Å². The van der Waals surface area contributed by atoms with Gasteiger partial charge in [-0.3, -0.25) is 9.69 Å². The van der Waals surface area contributed by atoms with E-state index in [2.05, 4.69) is 18.7 Å². The lowest BCUT2D eigenvalue weighted by atomic mass is 10.1. The molecule has 1 rings (SSSR count). The molecule has 0 aliphatic carbocycles. The van der Waals surface area contributed by atoms with Crippen LogP contribution in [0.2, 0.25) is 0 Å². The molecule has 0 spiro atoms. The Balaban J connectivity index is 2.65. The molecule has 0 radical (unpaired) electrons. The van der Waals surface area contributed by atoms with Gasteiger partial charge in [0.2, 0.25) is 0 Å². The second kappa shape index (κ2) is 7.95. The molecule has 0 aromatic heterocycles. The maximum atomic E-state index is 12.2. The zero-order valence-electron chi connectivity index (χ0n) is 12.6. The van der Waals surface area contributed by atoms with Crippen molar-refractivity contribution in [2.75, 3.05) is 38.6 Å². The van der Waals surface area contributed by atoms with Crippen molar-refractivity contribution in [1.29, 1.82) is 0 Å². The van der Waals surface area contributed by atoms with E-state index in [0.29, 0.717) is 6.54 Å². The molecule has 106 valence electrons. The van der Waals surface area contributed by atoms with Crippen molar-refractivity contribution in [3.05, 3.63) is 29.8 Å². The minimum Gasteiger partial charge on any atom is -0.378 e. The Morgan fingerprint density at radius 1 is 1.00 bits per heavy atom. The van der Waals surface area contributed by atoms with Crippen molar-refractivity contribution in [2.45, 2.75) is 26.7 Å². The van der Waals surface area contributed by atoms with Crippen LogP contribution in [0.5, 0.6) is 0 Å². The molecule has 0 heterocycles. The molecule has 0 saturated heterocycles. The predicted molar refractivity (Wildman–Crippen MR) is 82.1 cm³/mol. The van der Waals surface area contributed by atoms with Crippen LogP contribution in [0, 0.1) is 0 Å². The van der Waals surface area contributed by atoms with Gasteiger partial charge in [0.25, 0.3) is 0 Å². The minimum absolute atomic E-state index is 0.215. The Bertz CT molecular complexity index is 378. The van der Waals surface area contributed by atoms with Crippen LogP contribution in [0.1, 0.15) is 37.0 Å². The number of rotatable bonds is 8. The lowest BCUT2D eigenvalue weighted by Gasteiger charge is -2.20. The van der Waals surface area contributed by atoms with E-state index in [1.54, 1.807) is 0 Å². The highest BCUT2D eigenvalue weighted by Gasteiger charge is 2.11. The Morgan fingerprint density at radius 3 is 1.95 bits per heavy atom. The largest absolute Gasteiger partial charge is 0.378 e. The smallest absolute Gasteiger partial charge is 0.176 e. The number of ketones is 1. The average Bonchev–Trinajstić information content (AvgIpc) is 2.39. The first kappa shape index (κ1) is 15.7. The second-order valence-electron chi connectivity index (χ2n) is 5.14. The van der Waals surface area contributed by atoms with Crippen molar-refractivity contribution >= 4 is 11.5 Å². The molecule has 3 heteroatoms. The summed E-state index contributed by atoms with van der Waals surface area (Å²) in [5.41, 5.74) is 1.93. The number of benzene rings is 1. The summed E-state index contributed by atoms with van der Waals surface area (Å²) in [4.78, 5) is 16.5. The monoisotopic (exact) mass is 262 g/mol. The first-order chi connectivity index (χ1) is 9.08. The Morgan fingerprint density at radius 2 is 1.53 bits per heavy atom. The van der Waals surface area contributed by atoms with Crippen LogP contribution in [0.4, 0.5) is 5.69 Å². The van der Waals surface area contributed by atoms with Gasteiger partial charge in [-0.1, -0.05) is 13.8 Å². The molecule has 0 amide bonds. The number of nitrogens with zero attached hydrogens (tertiary/aromatic N) is 2. The normalized spacial score (nSPS) is 10.8. The number of hydrogen-bond acceptors (Lipinski definition) is 3. The third-order valence-electron chi connectivity index (χ3n) is 3.15. The summed E-state index contributed by atoms with van der Waals surface area (Å²) in [5, 5.41) is 0. The second-order valence-corrected chi connectivity index (χ2v) is 5.14. The molecular formula is C16H26N2O. The zero-order valence-corrected chi connectivity index (χ0v) is 12.6. The SMILES string of the molecule is CCCN(CCC)CC(=O)c1ccc(N(C)C)cc1. The first-order valence-corrected chi connectivity index (χ1v) is 7.11. The molecule has 0 aliphatic rings. The molecule has 1 aromatic carbocycles. The summed E-state index contributed by atoms with van der Waals surface area (Å²) in [5.74, 6) is 0.215. The van der Waals surface area contributed by atoms with Crippen molar-refractivity contribution in [1.82, 2.24) is 4.90 Å². The van der Waals surface area contributed by atoms with Crippen LogP contribution in [0.15, 0.2) is 24.3 Å². The molecule has 19 heavy (non-hydrogen) atoms. The Labute approximate surface area is 117 Å². The van der Waals surface area contributed by atoms with E-state index in [0.717, 1.165) is 37.2 Å². The van der Waals surface area contributed by atoms with E-state index >= 15 is 0 Å². The fourth-order valence-electron chi connectivity index (χ4n) is 2.14. The van der Waals surface area contributed by atoms with Crippen LogP contribution in [0.3, 0.4) is 0 Å². The van der Waals surface area contributed by atoms with E-state index in [1.165, 1.54) is 0 Å². The van der Waals surface area contributed by atoms with Gasteiger partial charge in [0.15, 0.2) is 5.78 Å². The summed E-state index contributed by atoms with van der Waals surface area (Å²) in [6.45, 7) is 6.83. The van der Waals surface area contributed by atoms with Crippen LogP contribution in [0.25, 0.3) is 0 Å². The molecule has 0 aliphatic heterocycles. The topological polar surface area (TPSA) is 23.6 Å². The third kappa shape index (κ3) is 5.03. The summed E-state index contributed by atoms with van der Waals surface area (Å²) in [6, 6.07) is 7.84. The highest BCUT2D eigenvalue weighted by molar-refractivity contribution is 5.97. The van der Waals surface area contributed by atoms with E-state index < -0.39 is 0 Å². The molecule has 0 bridgehead atoms. The molecular weight excluding hydrogens is 236 g/mol. The predicted octanol–water partition coefficient (Wildman–Crippen LogP) is 3.06. The highest BCUT2D eigenvalue weighted by atomic mass is 16.1. The van der Waals surface area contributed by atoms with Gasteiger partial charge < -0.3 is 4.90 Å². The van der Waals surface area contributed by atoms with Crippen LogP contribution in [-0.2, 0) is 0 Å². The van der Waals surface area contributed by atoms with Crippen LogP contribution in [-0.4, -0.2) is 44.4 Å². The van der Waals surface area contributed by atoms with Gasteiger partial charge in [-0.05, 0) is 50.2 Å². The van der Waals surface area contributed by atoms with Gasteiger partial charge >= 0.3 is 0 Å². The molecule has 0 saturated carbocycles. The molecule has 0 atom stereocenters. The van der Waals surface area contributed by atoms with Crippen molar-refractivity contribution in [3.63, 3.8) is 0 Å². The molecule has 0 unspecified atom stereocenters. The van der Waals surface area contributed by atoms with Gasteiger partial charge in [0.05, 0.1) is 6.54 Å². The summed E-state index contributed by atoms with van der Waals surface area (Å²) < 4.78 is 0. The zero-order chi connectivity index (χ0) is 14.3. The first-order valence-electron chi connectivity index (χ1n) is 7.11. The van der Waals surface area contributed by atoms with Gasteiger partial charge in [0, 0.05) is 25.3 Å². The van der Waals surface area contributed by atoms with Gasteiger partial charge in [-0.2, -0.15) is 0 Å². The maximum absolute atomic E-state index is 12.2.